The summed E-state index contributed by atoms with van der Waals surface area (Å²) in [6.45, 7) is 2.84. The molecule has 0 amide bonds. The number of hydrogen-bond acceptors (Lipinski definition) is 8. The summed E-state index contributed by atoms with van der Waals surface area (Å²) in [6, 6.07) is 4.57. The van der Waals surface area contributed by atoms with Crippen molar-refractivity contribution in [1.82, 2.24) is 24.9 Å². The summed E-state index contributed by atoms with van der Waals surface area (Å²) in [5.74, 6) is -3.37. The lowest BCUT2D eigenvalue weighted by Gasteiger charge is -2.16. The third-order valence-electron chi connectivity index (χ3n) is 4.17. The summed E-state index contributed by atoms with van der Waals surface area (Å²) in [5, 5.41) is 5.88. The molecule has 3 aromatic heterocycles. The summed E-state index contributed by atoms with van der Waals surface area (Å²) in [6.07, 6.45) is -2.53. The van der Waals surface area contributed by atoms with E-state index in [0.717, 1.165) is 18.3 Å². The molecule has 13 heteroatoms. The first-order valence-electron chi connectivity index (χ1n) is 9.62. The largest absolute Gasteiger partial charge is 0.433 e. The van der Waals surface area contributed by atoms with Gasteiger partial charge in [0.25, 0.3) is 5.92 Å². The van der Waals surface area contributed by atoms with E-state index in [1.807, 2.05) is 0 Å². The smallest absolute Gasteiger partial charge is 0.383 e. The molecule has 0 saturated carbocycles. The molecule has 3 aromatic rings. The maximum Gasteiger partial charge on any atom is 0.433 e. The highest BCUT2D eigenvalue weighted by Gasteiger charge is 2.33. The lowest BCUT2D eigenvalue weighted by Crippen LogP contribution is -2.22. The van der Waals surface area contributed by atoms with E-state index in [9.17, 15) is 22.0 Å². The van der Waals surface area contributed by atoms with Crippen LogP contribution in [0.15, 0.2) is 36.7 Å². The minimum atomic E-state index is -4.68. The standard InChI is InChI=1S/C20H20F5N7O/c1-11(10-33-3)28-15-9-16(29-12-4-6-26-14(8-12)19(2,21)22)32-18(31-15)17-27-7-5-13(30-17)20(23,24)25/h4-9,11H,10H2,1-3H3,(H2,26,28,29,31,32). The van der Waals surface area contributed by atoms with Gasteiger partial charge >= 0.3 is 6.18 Å². The Balaban J connectivity index is 2.02. The van der Waals surface area contributed by atoms with Crippen LogP contribution in [0.5, 0.6) is 0 Å². The molecule has 1 unspecified atom stereocenters. The number of ether oxygens (including phenoxy) is 1. The predicted molar refractivity (Wildman–Crippen MR) is 110 cm³/mol. The Kier molecular flexibility index (Phi) is 7.01. The van der Waals surface area contributed by atoms with E-state index in [1.165, 1.54) is 25.4 Å². The Hall–Kier alpha value is -3.48. The molecule has 0 aliphatic heterocycles. The van der Waals surface area contributed by atoms with Crippen LogP contribution in [0.2, 0.25) is 0 Å². The van der Waals surface area contributed by atoms with Crippen molar-refractivity contribution >= 4 is 17.3 Å². The van der Waals surface area contributed by atoms with Gasteiger partial charge in [-0.05, 0) is 25.1 Å². The van der Waals surface area contributed by atoms with Crippen molar-refractivity contribution in [3.05, 3.63) is 48.0 Å². The van der Waals surface area contributed by atoms with Crippen LogP contribution in [0.3, 0.4) is 0 Å². The fourth-order valence-electron chi connectivity index (χ4n) is 2.75. The van der Waals surface area contributed by atoms with Crippen LogP contribution in [0.1, 0.15) is 25.2 Å². The van der Waals surface area contributed by atoms with Gasteiger partial charge in [-0.15, -0.1) is 0 Å². The first kappa shape index (κ1) is 24.2. The molecule has 0 fully saturated rings. The van der Waals surface area contributed by atoms with Gasteiger partial charge in [0.15, 0.2) is 5.82 Å². The van der Waals surface area contributed by atoms with Crippen LogP contribution in [0.25, 0.3) is 11.6 Å². The second-order valence-corrected chi connectivity index (χ2v) is 7.17. The number of methoxy groups -OCH3 is 1. The average molecular weight is 469 g/mol. The molecule has 3 heterocycles. The van der Waals surface area contributed by atoms with Crippen LogP contribution >= 0.6 is 0 Å². The summed E-state index contributed by atoms with van der Waals surface area (Å²) in [5.41, 5.74) is -1.37. The molecular formula is C20H20F5N7O. The molecule has 33 heavy (non-hydrogen) atoms. The second kappa shape index (κ2) is 9.57. The number of alkyl halides is 5. The van der Waals surface area contributed by atoms with Crippen molar-refractivity contribution in [3.8, 4) is 11.6 Å². The van der Waals surface area contributed by atoms with E-state index < -0.39 is 23.5 Å². The molecule has 1 atom stereocenters. The minimum absolute atomic E-state index is 0.115. The van der Waals surface area contributed by atoms with Crippen molar-refractivity contribution < 1.29 is 26.7 Å². The zero-order valence-electron chi connectivity index (χ0n) is 17.8. The molecule has 0 aromatic carbocycles. The van der Waals surface area contributed by atoms with Gasteiger partial charge in [-0.3, -0.25) is 4.98 Å². The van der Waals surface area contributed by atoms with Gasteiger partial charge in [0.2, 0.25) is 5.82 Å². The molecule has 0 bridgehead atoms. The third-order valence-corrected chi connectivity index (χ3v) is 4.17. The molecule has 8 nitrogen and oxygen atoms in total. The topological polar surface area (TPSA) is 97.7 Å². The number of hydrogen-bond donors (Lipinski definition) is 2. The Bertz CT molecular complexity index is 1100. The van der Waals surface area contributed by atoms with Crippen LogP contribution in [-0.4, -0.2) is 44.7 Å². The third kappa shape index (κ3) is 6.51. The zero-order chi connectivity index (χ0) is 24.2. The molecular weight excluding hydrogens is 449 g/mol. The van der Waals surface area contributed by atoms with Crippen molar-refractivity contribution in [3.63, 3.8) is 0 Å². The predicted octanol–water partition coefficient (Wildman–Crippen LogP) is 4.65. The van der Waals surface area contributed by atoms with Gasteiger partial charge in [0.05, 0.1) is 6.61 Å². The summed E-state index contributed by atoms with van der Waals surface area (Å²) >= 11 is 0. The van der Waals surface area contributed by atoms with E-state index in [2.05, 4.69) is 35.6 Å². The van der Waals surface area contributed by atoms with Gasteiger partial charge in [-0.1, -0.05) is 0 Å². The number of nitrogens with one attached hydrogen (secondary N) is 2. The van der Waals surface area contributed by atoms with Crippen LogP contribution in [0.4, 0.5) is 39.3 Å². The Morgan fingerprint density at radius 2 is 1.61 bits per heavy atom. The molecule has 0 aliphatic rings. The monoisotopic (exact) mass is 469 g/mol. The first-order chi connectivity index (χ1) is 15.5. The van der Waals surface area contributed by atoms with Gasteiger partial charge in [0, 0.05) is 44.2 Å². The summed E-state index contributed by atoms with van der Waals surface area (Å²) < 4.78 is 71.6. The number of pyridine rings is 1. The van der Waals surface area contributed by atoms with E-state index in [1.54, 1.807) is 6.92 Å². The molecule has 0 aliphatic carbocycles. The number of rotatable bonds is 8. The summed E-state index contributed by atoms with van der Waals surface area (Å²) in [7, 11) is 1.51. The molecule has 0 saturated heterocycles. The number of nitrogens with zero attached hydrogens (tertiary/aromatic N) is 5. The van der Waals surface area contributed by atoms with Crippen molar-refractivity contribution in [2.45, 2.75) is 32.0 Å². The fraction of sp³-hybridized carbons (Fsp3) is 0.350. The minimum Gasteiger partial charge on any atom is -0.383 e. The highest BCUT2D eigenvalue weighted by molar-refractivity contribution is 5.63. The summed E-state index contributed by atoms with van der Waals surface area (Å²) in [4.78, 5) is 19.4. The molecule has 0 spiro atoms. The van der Waals surface area contributed by atoms with E-state index in [0.29, 0.717) is 13.5 Å². The highest BCUT2D eigenvalue weighted by Crippen LogP contribution is 2.30. The number of halogens is 5. The van der Waals surface area contributed by atoms with Crippen LogP contribution in [0, 0.1) is 0 Å². The SMILES string of the molecule is COCC(C)Nc1cc(Nc2ccnc(C(C)(F)F)c2)nc(-c2nccc(C(F)(F)F)n2)n1. The average Bonchev–Trinajstić information content (AvgIpc) is 2.73. The Labute approximate surface area is 185 Å². The van der Waals surface area contributed by atoms with Gasteiger partial charge < -0.3 is 15.4 Å². The molecule has 3 rings (SSSR count). The number of aromatic nitrogens is 5. The van der Waals surface area contributed by atoms with E-state index in [-0.39, 0.29) is 35.0 Å². The lowest BCUT2D eigenvalue weighted by atomic mass is 10.2. The zero-order valence-corrected chi connectivity index (χ0v) is 17.8. The van der Waals surface area contributed by atoms with Gasteiger partial charge in [-0.2, -0.15) is 22.0 Å². The van der Waals surface area contributed by atoms with Crippen molar-refractivity contribution in [2.24, 2.45) is 0 Å². The van der Waals surface area contributed by atoms with Crippen LogP contribution in [-0.2, 0) is 16.8 Å². The number of anilines is 3. The quantitative estimate of drug-likeness (QED) is 0.460. The maximum absolute atomic E-state index is 13.6. The van der Waals surface area contributed by atoms with Crippen molar-refractivity contribution in [1.29, 1.82) is 0 Å². The van der Waals surface area contributed by atoms with E-state index >= 15 is 0 Å². The van der Waals surface area contributed by atoms with E-state index in [4.69, 9.17) is 4.74 Å². The first-order valence-corrected chi connectivity index (χ1v) is 9.62. The fourth-order valence-corrected chi connectivity index (χ4v) is 2.75. The highest BCUT2D eigenvalue weighted by atomic mass is 19.4. The Morgan fingerprint density at radius 1 is 0.909 bits per heavy atom. The lowest BCUT2D eigenvalue weighted by molar-refractivity contribution is -0.141. The Morgan fingerprint density at radius 3 is 2.27 bits per heavy atom. The van der Waals surface area contributed by atoms with Crippen molar-refractivity contribution in [2.75, 3.05) is 24.4 Å². The molecule has 176 valence electrons. The normalized spacial score (nSPS) is 13.0. The maximum atomic E-state index is 13.6. The second-order valence-electron chi connectivity index (χ2n) is 7.17. The van der Waals surface area contributed by atoms with Gasteiger partial charge in [-0.25, -0.2) is 19.9 Å². The van der Waals surface area contributed by atoms with Crippen LogP contribution < -0.4 is 10.6 Å². The molecule has 0 radical (unpaired) electrons. The molecule has 2 N–H and O–H groups in total. The van der Waals surface area contributed by atoms with Gasteiger partial charge in [0.1, 0.15) is 23.0 Å².